The second-order valence-electron chi connectivity index (χ2n) is 6.49. The molecule has 0 bridgehead atoms. The maximum Gasteiger partial charge on any atom is 0.472 e. The largest absolute Gasteiger partial charge is 0.472 e. The van der Waals surface area contributed by atoms with Gasteiger partial charge in [-0.05, 0) is 6.42 Å². The van der Waals surface area contributed by atoms with E-state index >= 15 is 0 Å². The second-order valence-corrected chi connectivity index (χ2v) is 7.90. The van der Waals surface area contributed by atoms with Gasteiger partial charge in [0.25, 0.3) is 5.56 Å². The Hall–Kier alpha value is -2.15. The van der Waals surface area contributed by atoms with E-state index in [4.69, 9.17) is 19.5 Å². The molecule has 0 aromatic carbocycles. The van der Waals surface area contributed by atoms with E-state index in [1.807, 2.05) is 0 Å². The lowest BCUT2D eigenvalue weighted by atomic mass is 10.1. The second kappa shape index (κ2) is 6.72. The van der Waals surface area contributed by atoms with Crippen LogP contribution in [0, 0.1) is 0 Å². The molecule has 28 heavy (non-hydrogen) atoms. The zero-order valence-corrected chi connectivity index (χ0v) is 15.5. The zero-order valence-electron chi connectivity index (χ0n) is 14.6. The van der Waals surface area contributed by atoms with Crippen LogP contribution in [0.1, 0.15) is 36.6 Å². The molecule has 2 aliphatic heterocycles. The van der Waals surface area contributed by atoms with Crippen molar-refractivity contribution in [2.24, 2.45) is 0 Å². The van der Waals surface area contributed by atoms with Crippen LogP contribution in [0.5, 0.6) is 0 Å². The summed E-state index contributed by atoms with van der Waals surface area (Å²) in [5.74, 6) is -0.747. The van der Waals surface area contributed by atoms with E-state index in [1.165, 1.54) is 4.57 Å². The summed E-state index contributed by atoms with van der Waals surface area (Å²) in [5.41, 5.74) is 4.75. The van der Waals surface area contributed by atoms with Gasteiger partial charge < -0.3 is 20.5 Å². The number of hydrogen-bond donors (Lipinski definition) is 4. The van der Waals surface area contributed by atoms with Crippen molar-refractivity contribution in [3.8, 4) is 0 Å². The van der Waals surface area contributed by atoms with Crippen LogP contribution in [0.15, 0.2) is 4.79 Å². The van der Waals surface area contributed by atoms with Gasteiger partial charge in [0.1, 0.15) is 18.3 Å². The number of aromatic amines is 1. The lowest BCUT2D eigenvalue weighted by Crippen LogP contribution is -2.39. The van der Waals surface area contributed by atoms with E-state index in [-0.39, 0.29) is 36.0 Å². The first-order chi connectivity index (χ1) is 13.2. The van der Waals surface area contributed by atoms with Crippen LogP contribution >= 0.6 is 7.82 Å². The summed E-state index contributed by atoms with van der Waals surface area (Å²) in [7, 11) is -4.33. The fraction of sp³-hybridized carbons (Fsp3) is 0.571. The number of nitrogens with two attached hydrogens (primary N) is 1. The fourth-order valence-electron chi connectivity index (χ4n) is 3.33. The summed E-state index contributed by atoms with van der Waals surface area (Å²) in [6.45, 7) is 1.50. The number of nitrogen functional groups attached to an aromatic ring is 1. The van der Waals surface area contributed by atoms with Gasteiger partial charge in [0.2, 0.25) is 5.95 Å². The average Bonchev–Trinajstić information content (AvgIpc) is 3.13. The maximum atomic E-state index is 12.6. The number of aliphatic hydroxyl groups is 1. The number of phosphoric ester groups is 1. The Morgan fingerprint density at radius 2 is 2.21 bits per heavy atom. The lowest BCUT2D eigenvalue weighted by Gasteiger charge is -2.27. The predicted molar refractivity (Wildman–Crippen MR) is 92.4 cm³/mol. The number of aromatic nitrogens is 4. The molecule has 0 spiro atoms. The van der Waals surface area contributed by atoms with Crippen molar-refractivity contribution in [1.82, 2.24) is 19.5 Å². The van der Waals surface area contributed by atoms with Crippen molar-refractivity contribution >= 4 is 30.7 Å². The van der Waals surface area contributed by atoms with E-state index in [0.29, 0.717) is 6.42 Å². The van der Waals surface area contributed by atoms with E-state index in [0.717, 1.165) is 0 Å². The van der Waals surface area contributed by atoms with Crippen LogP contribution in [-0.2, 0) is 18.3 Å². The third-order valence-electron chi connectivity index (χ3n) is 4.52. The Morgan fingerprint density at radius 1 is 1.46 bits per heavy atom. The molecule has 0 saturated carbocycles. The molecule has 2 saturated heterocycles. The zero-order chi connectivity index (χ0) is 20.2. The number of phosphoric acid groups is 1. The fourth-order valence-corrected chi connectivity index (χ4v) is 4.29. The van der Waals surface area contributed by atoms with Crippen molar-refractivity contribution in [2.75, 3.05) is 12.3 Å². The SMILES string of the molecule is CCCC(=O)c1nc2c(=O)[nH]c(N)nc2n1[C@@H]1O[C@@H]2COP(=O)(O)O[C@H]2[C@H]1O. The highest BCUT2D eigenvalue weighted by molar-refractivity contribution is 7.47. The molecule has 0 aliphatic carbocycles. The monoisotopic (exact) mass is 415 g/mol. The van der Waals surface area contributed by atoms with Crippen molar-refractivity contribution in [1.29, 1.82) is 0 Å². The molecule has 13 nitrogen and oxygen atoms in total. The van der Waals surface area contributed by atoms with Crippen LogP contribution in [-0.4, -0.2) is 60.2 Å². The molecule has 2 fully saturated rings. The molecule has 4 rings (SSSR count). The van der Waals surface area contributed by atoms with E-state index in [9.17, 15) is 24.2 Å². The molecule has 0 amide bonds. The molecule has 1 unspecified atom stereocenters. The highest BCUT2D eigenvalue weighted by Crippen LogP contribution is 2.52. The summed E-state index contributed by atoms with van der Waals surface area (Å²) < 4.78 is 28.2. The Balaban J connectivity index is 1.85. The van der Waals surface area contributed by atoms with Gasteiger partial charge in [0.05, 0.1) is 6.61 Å². The number of rotatable bonds is 4. The van der Waals surface area contributed by atoms with E-state index in [1.54, 1.807) is 6.92 Å². The molecule has 2 aromatic heterocycles. The molecular weight excluding hydrogens is 397 g/mol. The van der Waals surface area contributed by atoms with Crippen LogP contribution < -0.4 is 11.3 Å². The smallest absolute Gasteiger partial charge is 0.386 e. The molecule has 4 heterocycles. The minimum atomic E-state index is -4.33. The van der Waals surface area contributed by atoms with E-state index in [2.05, 4.69) is 15.0 Å². The minimum absolute atomic E-state index is 0.0588. The Morgan fingerprint density at radius 3 is 2.93 bits per heavy atom. The number of ketones is 1. The van der Waals surface area contributed by atoms with Gasteiger partial charge in [-0.15, -0.1) is 0 Å². The number of anilines is 1. The summed E-state index contributed by atoms with van der Waals surface area (Å²) >= 11 is 0. The first kappa shape index (κ1) is 19.2. The summed E-state index contributed by atoms with van der Waals surface area (Å²) in [6, 6.07) is 0. The molecule has 0 radical (unpaired) electrons. The number of fused-ring (bicyclic) bond motifs is 2. The normalized spacial score (nSPS) is 32.5. The van der Waals surface area contributed by atoms with Crippen LogP contribution in [0.4, 0.5) is 5.95 Å². The Bertz CT molecular complexity index is 1050. The van der Waals surface area contributed by atoms with Crippen molar-refractivity contribution in [3.63, 3.8) is 0 Å². The van der Waals surface area contributed by atoms with Gasteiger partial charge in [0.15, 0.2) is 29.0 Å². The molecule has 5 N–H and O–H groups in total. The van der Waals surface area contributed by atoms with Crippen LogP contribution in [0.2, 0.25) is 0 Å². The molecule has 152 valence electrons. The third-order valence-corrected chi connectivity index (χ3v) is 5.50. The highest BCUT2D eigenvalue weighted by Gasteiger charge is 2.53. The number of aliphatic hydroxyl groups excluding tert-OH is 1. The number of carbonyl (C=O) groups excluding carboxylic acids is 1. The number of ether oxygens (including phenoxy) is 1. The van der Waals surface area contributed by atoms with Gasteiger partial charge in [-0.2, -0.15) is 4.98 Å². The van der Waals surface area contributed by atoms with Crippen LogP contribution in [0.3, 0.4) is 0 Å². The maximum absolute atomic E-state index is 12.6. The molecule has 2 aromatic rings. The number of nitrogens with one attached hydrogen (secondary N) is 1. The van der Waals surface area contributed by atoms with Gasteiger partial charge >= 0.3 is 7.82 Å². The molecule has 5 atom stereocenters. The predicted octanol–water partition coefficient (Wildman–Crippen LogP) is -0.541. The van der Waals surface area contributed by atoms with Crippen molar-refractivity contribution < 1.29 is 33.1 Å². The summed E-state index contributed by atoms with van der Waals surface area (Å²) in [6.07, 6.45) is -4.11. The lowest BCUT2D eigenvalue weighted by molar-refractivity contribution is -0.0667. The van der Waals surface area contributed by atoms with E-state index < -0.39 is 43.7 Å². The first-order valence-electron chi connectivity index (χ1n) is 8.52. The summed E-state index contributed by atoms with van der Waals surface area (Å²) in [5, 5.41) is 10.7. The quantitative estimate of drug-likeness (QED) is 0.370. The number of H-pyrrole nitrogens is 1. The Labute approximate surface area is 157 Å². The number of Topliss-reactive ketones (excluding diaryl/α,β-unsaturated/α-hetero) is 1. The van der Waals surface area contributed by atoms with Crippen molar-refractivity contribution in [3.05, 3.63) is 16.2 Å². The van der Waals surface area contributed by atoms with Gasteiger partial charge in [-0.1, -0.05) is 6.92 Å². The Kier molecular flexibility index (Phi) is 4.61. The standard InChI is InChI=1S/C14H18N5O8P/c1-2-3-5(20)10-16-7-11(17-14(15)18-12(7)22)19(10)13-8(21)9-6(26-13)4-25-28(23,24)27-9/h6,8-9,13,21H,2-4H2,1H3,(H,23,24)(H3,15,17,18,22)/t6-,8-,9-,13-/m1/s1. The third kappa shape index (κ3) is 3.05. The van der Waals surface area contributed by atoms with Crippen LogP contribution in [0.25, 0.3) is 11.2 Å². The van der Waals surface area contributed by atoms with Gasteiger partial charge in [-0.25, -0.2) is 9.55 Å². The molecular formula is C14H18N5O8P. The topological polar surface area (TPSA) is 192 Å². The number of imidazole rings is 1. The van der Waals surface area contributed by atoms with Gasteiger partial charge in [-0.3, -0.25) is 28.2 Å². The highest BCUT2D eigenvalue weighted by atomic mass is 31.2. The number of hydrogen-bond acceptors (Lipinski definition) is 10. The van der Waals surface area contributed by atoms with Gasteiger partial charge in [0, 0.05) is 6.42 Å². The average molecular weight is 415 g/mol. The van der Waals surface area contributed by atoms with Crippen molar-refractivity contribution in [2.45, 2.75) is 44.3 Å². The molecule has 14 heteroatoms. The first-order valence-corrected chi connectivity index (χ1v) is 10.0. The summed E-state index contributed by atoms with van der Waals surface area (Å²) in [4.78, 5) is 44.7. The number of nitrogens with zero attached hydrogens (tertiary/aromatic N) is 3. The minimum Gasteiger partial charge on any atom is -0.386 e. The molecule has 2 aliphatic rings. The number of carbonyl (C=O) groups is 1.